The van der Waals surface area contributed by atoms with Crippen molar-refractivity contribution in [3.63, 3.8) is 0 Å². The van der Waals surface area contributed by atoms with Crippen molar-refractivity contribution in [2.45, 2.75) is 18.9 Å². The van der Waals surface area contributed by atoms with E-state index >= 15 is 0 Å². The fourth-order valence-corrected chi connectivity index (χ4v) is 1.45. The number of carbonyl (C=O) groups excluding carboxylic acids is 1. The van der Waals surface area contributed by atoms with Gasteiger partial charge < -0.3 is 26.4 Å². The average Bonchev–Trinajstić information content (AvgIpc) is 2.37. The Bertz CT molecular complexity index is 543. The normalized spacial score (nSPS) is 11.7. The van der Waals surface area contributed by atoms with Crippen molar-refractivity contribution in [2.24, 2.45) is 5.73 Å². The average molecular weight is 282 g/mol. The van der Waals surface area contributed by atoms with Gasteiger partial charge in [0, 0.05) is 6.42 Å². The molecule has 1 rings (SSSR count). The molecule has 1 aromatic carbocycles. The molecule has 0 heterocycles. The molecule has 8 heteroatoms. The lowest BCUT2D eigenvalue weighted by atomic mass is 10.1. The van der Waals surface area contributed by atoms with E-state index in [0.717, 1.165) is 6.07 Å². The van der Waals surface area contributed by atoms with E-state index in [2.05, 4.69) is 5.32 Å². The van der Waals surface area contributed by atoms with Gasteiger partial charge >= 0.3 is 11.9 Å². The number of phenols is 1. The third-order valence-corrected chi connectivity index (χ3v) is 2.50. The van der Waals surface area contributed by atoms with Crippen LogP contribution in [0.15, 0.2) is 18.2 Å². The number of phenolic OH excluding ortho intramolecular Hbond substituents is 1. The van der Waals surface area contributed by atoms with Crippen molar-refractivity contribution < 1.29 is 29.7 Å². The maximum Gasteiger partial charge on any atom is 0.337 e. The number of amides is 1. The number of hydrogen-bond acceptors (Lipinski definition) is 5. The number of aromatic hydroxyl groups is 1. The van der Waals surface area contributed by atoms with E-state index in [1.807, 2.05) is 0 Å². The van der Waals surface area contributed by atoms with Crippen molar-refractivity contribution in [2.75, 3.05) is 5.32 Å². The first-order valence-electron chi connectivity index (χ1n) is 5.66. The molecule has 0 fully saturated rings. The van der Waals surface area contributed by atoms with Crippen LogP contribution >= 0.6 is 0 Å². The van der Waals surface area contributed by atoms with Crippen LogP contribution in [0.5, 0.6) is 5.75 Å². The molecule has 0 saturated carbocycles. The maximum absolute atomic E-state index is 11.7. The number of anilines is 1. The van der Waals surface area contributed by atoms with Gasteiger partial charge in [-0.15, -0.1) is 0 Å². The maximum atomic E-state index is 11.7. The minimum atomic E-state index is -1.32. The quantitative estimate of drug-likeness (QED) is 0.468. The number of rotatable bonds is 6. The van der Waals surface area contributed by atoms with Crippen molar-refractivity contribution in [1.82, 2.24) is 0 Å². The van der Waals surface area contributed by atoms with Crippen LogP contribution in [-0.2, 0) is 9.59 Å². The summed E-state index contributed by atoms with van der Waals surface area (Å²) in [5.41, 5.74) is 5.19. The highest BCUT2D eigenvalue weighted by atomic mass is 16.4. The zero-order valence-corrected chi connectivity index (χ0v) is 10.4. The number of aliphatic carboxylic acids is 1. The van der Waals surface area contributed by atoms with Gasteiger partial charge in [0.2, 0.25) is 5.91 Å². The van der Waals surface area contributed by atoms with Crippen LogP contribution < -0.4 is 11.1 Å². The van der Waals surface area contributed by atoms with Gasteiger partial charge in [-0.3, -0.25) is 9.59 Å². The van der Waals surface area contributed by atoms with Crippen LogP contribution in [0.25, 0.3) is 0 Å². The zero-order valence-electron chi connectivity index (χ0n) is 10.4. The van der Waals surface area contributed by atoms with Gasteiger partial charge in [0.05, 0.1) is 17.3 Å². The molecule has 8 nitrogen and oxygen atoms in total. The summed E-state index contributed by atoms with van der Waals surface area (Å²) in [5, 5.41) is 28.9. The Hall–Kier alpha value is -2.61. The molecule has 6 N–H and O–H groups in total. The monoisotopic (exact) mass is 282 g/mol. The molecule has 1 amide bonds. The summed E-state index contributed by atoms with van der Waals surface area (Å²) in [4.78, 5) is 33.0. The molecule has 0 aliphatic rings. The molecule has 0 aromatic heterocycles. The molecule has 0 aliphatic carbocycles. The van der Waals surface area contributed by atoms with Gasteiger partial charge in [-0.25, -0.2) is 4.79 Å². The number of nitrogens with one attached hydrogen (secondary N) is 1. The van der Waals surface area contributed by atoms with Gasteiger partial charge in [0.15, 0.2) is 0 Å². The summed E-state index contributed by atoms with van der Waals surface area (Å²) in [5.74, 6) is -3.35. The summed E-state index contributed by atoms with van der Waals surface area (Å²) >= 11 is 0. The van der Waals surface area contributed by atoms with Crippen molar-refractivity contribution in [1.29, 1.82) is 0 Å². The second-order valence-corrected chi connectivity index (χ2v) is 4.06. The largest absolute Gasteiger partial charge is 0.508 e. The first-order valence-corrected chi connectivity index (χ1v) is 5.66. The predicted molar refractivity (Wildman–Crippen MR) is 68.5 cm³/mol. The third kappa shape index (κ3) is 4.25. The molecule has 0 radical (unpaired) electrons. The van der Waals surface area contributed by atoms with Crippen LogP contribution in [0.3, 0.4) is 0 Å². The topological polar surface area (TPSA) is 150 Å². The first kappa shape index (κ1) is 15.4. The fraction of sp³-hybridized carbons (Fsp3) is 0.250. The van der Waals surface area contributed by atoms with Crippen LogP contribution in [0.4, 0.5) is 5.69 Å². The number of carboxylic acid groups (broad SMARTS) is 2. The van der Waals surface area contributed by atoms with E-state index in [0.29, 0.717) is 0 Å². The fourth-order valence-electron chi connectivity index (χ4n) is 1.45. The Morgan fingerprint density at radius 3 is 2.45 bits per heavy atom. The van der Waals surface area contributed by atoms with Gasteiger partial charge in [-0.05, 0) is 24.6 Å². The molecular weight excluding hydrogens is 268 g/mol. The minimum absolute atomic E-state index is 0.0222. The first-order chi connectivity index (χ1) is 9.31. The van der Waals surface area contributed by atoms with Gasteiger partial charge in [-0.2, -0.15) is 0 Å². The van der Waals surface area contributed by atoms with Crippen LogP contribution in [0.2, 0.25) is 0 Å². The summed E-state index contributed by atoms with van der Waals surface area (Å²) in [7, 11) is 0. The second kappa shape index (κ2) is 6.53. The lowest BCUT2D eigenvalue weighted by molar-refractivity contribution is -0.137. The molecule has 0 aliphatic heterocycles. The third-order valence-electron chi connectivity index (χ3n) is 2.50. The summed E-state index contributed by atoms with van der Waals surface area (Å²) < 4.78 is 0. The molecular formula is C12H14N2O6. The standard InChI is InChI=1S/C12H14N2O6/c13-8(2-4-10(16)17)11(18)14-9-3-1-6(15)5-7(9)12(19)20/h1,3,5,8,15H,2,4,13H2,(H,14,18)(H,16,17)(H,19,20). The lowest BCUT2D eigenvalue weighted by Crippen LogP contribution is -2.36. The Morgan fingerprint density at radius 1 is 1.25 bits per heavy atom. The highest BCUT2D eigenvalue weighted by Gasteiger charge is 2.18. The van der Waals surface area contributed by atoms with Crippen molar-refractivity contribution in [3.8, 4) is 5.75 Å². The highest BCUT2D eigenvalue weighted by molar-refractivity contribution is 6.02. The van der Waals surface area contributed by atoms with Gasteiger partial charge in [0.25, 0.3) is 0 Å². The van der Waals surface area contributed by atoms with E-state index in [1.54, 1.807) is 0 Å². The zero-order chi connectivity index (χ0) is 15.3. The molecule has 1 aromatic rings. The Labute approximate surface area is 113 Å². The Balaban J connectivity index is 2.80. The van der Waals surface area contributed by atoms with Crippen LogP contribution in [0.1, 0.15) is 23.2 Å². The molecule has 20 heavy (non-hydrogen) atoms. The number of hydrogen-bond donors (Lipinski definition) is 5. The highest BCUT2D eigenvalue weighted by Crippen LogP contribution is 2.21. The smallest absolute Gasteiger partial charge is 0.337 e. The summed E-state index contributed by atoms with van der Waals surface area (Å²) in [6, 6.07) is 2.35. The van der Waals surface area contributed by atoms with Crippen LogP contribution in [-0.4, -0.2) is 39.2 Å². The van der Waals surface area contributed by atoms with Crippen molar-refractivity contribution >= 4 is 23.5 Å². The number of benzene rings is 1. The predicted octanol–water partition coefficient (Wildman–Crippen LogP) is 0.221. The van der Waals surface area contributed by atoms with Gasteiger partial charge in [-0.1, -0.05) is 0 Å². The number of aromatic carboxylic acids is 1. The SMILES string of the molecule is NC(CCC(=O)O)C(=O)Nc1ccc(O)cc1C(=O)O. The van der Waals surface area contributed by atoms with Crippen molar-refractivity contribution in [3.05, 3.63) is 23.8 Å². The Morgan fingerprint density at radius 2 is 1.90 bits per heavy atom. The molecule has 0 saturated heterocycles. The molecule has 0 bridgehead atoms. The summed E-state index contributed by atoms with van der Waals surface area (Å²) in [6.07, 6.45) is -0.336. The Kier molecular flexibility index (Phi) is 5.04. The number of nitrogens with two attached hydrogens (primary N) is 1. The lowest BCUT2D eigenvalue weighted by Gasteiger charge is -2.13. The number of carbonyl (C=O) groups is 3. The molecule has 1 unspecified atom stereocenters. The molecule has 0 spiro atoms. The molecule has 108 valence electrons. The van der Waals surface area contributed by atoms with E-state index in [-0.39, 0.29) is 29.8 Å². The van der Waals surface area contributed by atoms with E-state index in [9.17, 15) is 19.5 Å². The van der Waals surface area contributed by atoms with Gasteiger partial charge in [0.1, 0.15) is 5.75 Å². The van der Waals surface area contributed by atoms with E-state index < -0.39 is 23.9 Å². The van der Waals surface area contributed by atoms with Crippen LogP contribution in [0, 0.1) is 0 Å². The minimum Gasteiger partial charge on any atom is -0.508 e. The van der Waals surface area contributed by atoms with E-state index in [4.69, 9.17) is 15.9 Å². The van der Waals surface area contributed by atoms with E-state index in [1.165, 1.54) is 12.1 Å². The second-order valence-electron chi connectivity index (χ2n) is 4.06. The summed E-state index contributed by atoms with van der Waals surface area (Å²) in [6.45, 7) is 0. The molecule has 1 atom stereocenters. The number of carboxylic acids is 2.